The van der Waals surface area contributed by atoms with Crippen molar-refractivity contribution in [2.24, 2.45) is 0 Å². The van der Waals surface area contributed by atoms with Gasteiger partial charge in [-0.25, -0.2) is 0 Å². The Bertz CT molecular complexity index is 582. The van der Waals surface area contributed by atoms with Crippen LogP contribution in [0.3, 0.4) is 0 Å². The molecule has 0 spiro atoms. The van der Waals surface area contributed by atoms with Gasteiger partial charge in [-0.05, 0) is 57.0 Å². The molecule has 3 heteroatoms. The number of ether oxygens (including phenoxy) is 1. The molecule has 1 atom stereocenters. The Morgan fingerprint density at radius 3 is 2.61 bits per heavy atom. The van der Waals surface area contributed by atoms with Crippen molar-refractivity contribution < 1.29 is 4.74 Å². The summed E-state index contributed by atoms with van der Waals surface area (Å²) in [4.78, 5) is 0. The summed E-state index contributed by atoms with van der Waals surface area (Å²) in [5, 5.41) is -0.0920. The highest BCUT2D eigenvalue weighted by molar-refractivity contribution is 14.1. The standard InChI is InChI=1S/C15H12ClIO/c16-15(10-2-1-3-14(17)7-10)11-4-5-12-8-18-9-13(12)6-11/h1-7,15H,8-9H2. The Kier molecular flexibility index (Phi) is 3.59. The zero-order chi connectivity index (χ0) is 12.5. The van der Waals surface area contributed by atoms with Gasteiger partial charge in [0.25, 0.3) is 0 Å². The number of halogens is 2. The molecule has 0 saturated heterocycles. The predicted octanol–water partition coefficient (Wildman–Crippen LogP) is 4.65. The highest BCUT2D eigenvalue weighted by Crippen LogP contribution is 2.32. The maximum absolute atomic E-state index is 6.56. The molecule has 1 heterocycles. The van der Waals surface area contributed by atoms with Crippen LogP contribution in [-0.2, 0) is 18.0 Å². The molecule has 18 heavy (non-hydrogen) atoms. The minimum absolute atomic E-state index is 0.0920. The van der Waals surface area contributed by atoms with Gasteiger partial charge in [-0.1, -0.05) is 30.3 Å². The molecule has 2 aromatic carbocycles. The van der Waals surface area contributed by atoms with Crippen LogP contribution in [0.25, 0.3) is 0 Å². The maximum atomic E-state index is 6.56. The van der Waals surface area contributed by atoms with Crippen molar-refractivity contribution in [3.8, 4) is 0 Å². The molecule has 92 valence electrons. The average molecular weight is 371 g/mol. The summed E-state index contributed by atoms with van der Waals surface area (Å²) >= 11 is 8.87. The Morgan fingerprint density at radius 1 is 1.00 bits per heavy atom. The Labute approximate surface area is 125 Å². The van der Waals surface area contributed by atoms with Crippen LogP contribution in [0.2, 0.25) is 0 Å². The van der Waals surface area contributed by atoms with E-state index in [0.717, 1.165) is 17.7 Å². The van der Waals surface area contributed by atoms with Crippen LogP contribution < -0.4 is 0 Å². The highest BCUT2D eigenvalue weighted by Gasteiger charge is 2.16. The first-order chi connectivity index (χ1) is 8.74. The fraction of sp³-hybridized carbons (Fsp3) is 0.200. The van der Waals surface area contributed by atoms with Crippen LogP contribution >= 0.6 is 34.2 Å². The Balaban J connectivity index is 1.95. The largest absolute Gasteiger partial charge is 0.372 e. The third kappa shape index (κ3) is 2.42. The SMILES string of the molecule is ClC(c1cccc(I)c1)c1ccc2c(c1)COC2. The van der Waals surface area contributed by atoms with Crippen LogP contribution in [0.5, 0.6) is 0 Å². The molecule has 3 rings (SSSR count). The fourth-order valence-electron chi connectivity index (χ4n) is 2.21. The van der Waals surface area contributed by atoms with E-state index in [1.807, 2.05) is 6.07 Å². The van der Waals surface area contributed by atoms with Crippen molar-refractivity contribution in [2.75, 3.05) is 0 Å². The molecule has 0 N–H and O–H groups in total. The van der Waals surface area contributed by atoms with E-state index >= 15 is 0 Å². The van der Waals surface area contributed by atoms with E-state index < -0.39 is 0 Å². The smallest absolute Gasteiger partial charge is 0.0835 e. The van der Waals surface area contributed by atoms with Crippen molar-refractivity contribution in [1.82, 2.24) is 0 Å². The van der Waals surface area contributed by atoms with Crippen molar-refractivity contribution in [3.63, 3.8) is 0 Å². The number of benzene rings is 2. The van der Waals surface area contributed by atoms with Crippen molar-refractivity contribution in [1.29, 1.82) is 0 Å². The number of hydrogen-bond acceptors (Lipinski definition) is 1. The van der Waals surface area contributed by atoms with Gasteiger partial charge in [0.05, 0.1) is 18.6 Å². The number of fused-ring (bicyclic) bond motifs is 1. The molecule has 1 aliphatic rings. The van der Waals surface area contributed by atoms with E-state index in [9.17, 15) is 0 Å². The Hall–Kier alpha value is -0.580. The van der Waals surface area contributed by atoms with Gasteiger partial charge in [-0.3, -0.25) is 0 Å². The fourth-order valence-corrected chi connectivity index (χ4v) is 3.04. The topological polar surface area (TPSA) is 9.23 Å². The van der Waals surface area contributed by atoms with Crippen molar-refractivity contribution >= 4 is 34.2 Å². The van der Waals surface area contributed by atoms with E-state index in [4.69, 9.17) is 16.3 Å². The van der Waals surface area contributed by atoms with Gasteiger partial charge in [-0.2, -0.15) is 0 Å². The second-order valence-electron chi connectivity index (χ2n) is 4.44. The van der Waals surface area contributed by atoms with Crippen molar-refractivity contribution in [2.45, 2.75) is 18.6 Å². The van der Waals surface area contributed by atoms with Gasteiger partial charge in [0, 0.05) is 3.57 Å². The Morgan fingerprint density at radius 2 is 1.78 bits per heavy atom. The molecular formula is C15H12ClIO. The van der Waals surface area contributed by atoms with Gasteiger partial charge >= 0.3 is 0 Å². The number of rotatable bonds is 2. The first-order valence-electron chi connectivity index (χ1n) is 5.83. The minimum Gasteiger partial charge on any atom is -0.372 e. The molecule has 0 radical (unpaired) electrons. The first-order valence-corrected chi connectivity index (χ1v) is 7.34. The van der Waals surface area contributed by atoms with Gasteiger partial charge in [0.15, 0.2) is 0 Å². The summed E-state index contributed by atoms with van der Waals surface area (Å²) in [5.74, 6) is 0. The second kappa shape index (κ2) is 5.19. The summed E-state index contributed by atoms with van der Waals surface area (Å²) in [6, 6.07) is 14.7. The van der Waals surface area contributed by atoms with Crippen LogP contribution in [0.15, 0.2) is 42.5 Å². The summed E-state index contributed by atoms with van der Waals surface area (Å²) in [6.07, 6.45) is 0. The molecule has 1 aliphatic heterocycles. The zero-order valence-corrected chi connectivity index (χ0v) is 12.6. The molecule has 0 aliphatic carbocycles. The second-order valence-corrected chi connectivity index (χ2v) is 6.12. The van der Waals surface area contributed by atoms with E-state index in [1.54, 1.807) is 0 Å². The molecule has 0 fully saturated rings. The number of alkyl halides is 1. The monoisotopic (exact) mass is 370 g/mol. The predicted molar refractivity (Wildman–Crippen MR) is 81.8 cm³/mol. The lowest BCUT2D eigenvalue weighted by Crippen LogP contribution is -1.95. The lowest BCUT2D eigenvalue weighted by atomic mass is 10.0. The summed E-state index contributed by atoms with van der Waals surface area (Å²) in [7, 11) is 0. The van der Waals surface area contributed by atoms with E-state index in [0.29, 0.717) is 6.61 Å². The third-order valence-corrected chi connectivity index (χ3v) is 4.35. The van der Waals surface area contributed by atoms with Gasteiger partial charge in [0.1, 0.15) is 0 Å². The summed E-state index contributed by atoms with van der Waals surface area (Å²) in [5.41, 5.74) is 4.83. The van der Waals surface area contributed by atoms with Crippen molar-refractivity contribution in [3.05, 3.63) is 68.3 Å². The molecule has 0 saturated carbocycles. The summed E-state index contributed by atoms with van der Waals surface area (Å²) < 4.78 is 6.64. The normalized spacial score (nSPS) is 15.4. The first kappa shape index (κ1) is 12.5. The van der Waals surface area contributed by atoms with E-state index in [1.165, 1.54) is 14.7 Å². The maximum Gasteiger partial charge on any atom is 0.0835 e. The zero-order valence-electron chi connectivity index (χ0n) is 9.70. The quantitative estimate of drug-likeness (QED) is 0.552. The molecule has 0 amide bonds. The van der Waals surface area contributed by atoms with Crippen LogP contribution in [0.1, 0.15) is 27.6 Å². The lowest BCUT2D eigenvalue weighted by Gasteiger charge is -2.12. The van der Waals surface area contributed by atoms with Gasteiger partial charge in [-0.15, -0.1) is 11.6 Å². The molecule has 0 bridgehead atoms. The minimum atomic E-state index is -0.0920. The van der Waals surface area contributed by atoms with Gasteiger partial charge < -0.3 is 4.74 Å². The van der Waals surface area contributed by atoms with E-state index in [-0.39, 0.29) is 5.38 Å². The summed E-state index contributed by atoms with van der Waals surface area (Å²) in [6.45, 7) is 1.44. The molecule has 1 unspecified atom stereocenters. The highest BCUT2D eigenvalue weighted by atomic mass is 127. The molecular weight excluding hydrogens is 359 g/mol. The average Bonchev–Trinajstić information content (AvgIpc) is 2.85. The van der Waals surface area contributed by atoms with Crippen LogP contribution in [0.4, 0.5) is 0 Å². The molecule has 0 aromatic heterocycles. The van der Waals surface area contributed by atoms with Crippen LogP contribution in [0, 0.1) is 3.57 Å². The van der Waals surface area contributed by atoms with Crippen LogP contribution in [-0.4, -0.2) is 0 Å². The van der Waals surface area contributed by atoms with E-state index in [2.05, 4.69) is 59.0 Å². The molecule has 2 aromatic rings. The lowest BCUT2D eigenvalue weighted by molar-refractivity contribution is 0.134. The molecule has 1 nitrogen and oxygen atoms in total. The number of hydrogen-bond donors (Lipinski definition) is 0. The van der Waals surface area contributed by atoms with Gasteiger partial charge in [0.2, 0.25) is 0 Å². The third-order valence-electron chi connectivity index (χ3n) is 3.18.